The van der Waals surface area contributed by atoms with Crippen LogP contribution in [0.3, 0.4) is 0 Å². The van der Waals surface area contributed by atoms with Gasteiger partial charge < -0.3 is 59.1 Å². The third kappa shape index (κ3) is 55.2. The summed E-state index contributed by atoms with van der Waals surface area (Å²) in [5, 5.41) is 27.1. The molecule has 0 radical (unpaired) electrons. The van der Waals surface area contributed by atoms with Crippen LogP contribution >= 0.6 is 7.82 Å². The Morgan fingerprint density at radius 1 is 0.422 bits per heavy atom. The van der Waals surface area contributed by atoms with Crippen LogP contribution in [0.5, 0.6) is 0 Å². The summed E-state index contributed by atoms with van der Waals surface area (Å²) < 4.78 is 55.5. The number of esters is 3. The van der Waals surface area contributed by atoms with E-state index in [1.807, 2.05) is 0 Å². The average molecular weight is 1470 g/mol. The molecule has 0 saturated carbocycles. The molecule has 1 aliphatic rings. The Hall–Kier alpha value is -3.23. The van der Waals surface area contributed by atoms with E-state index in [0.717, 1.165) is 193 Å². The van der Waals surface area contributed by atoms with Crippen molar-refractivity contribution in [2.45, 2.75) is 463 Å². The number of aliphatic hydroxyl groups is 1. The maximum absolute atomic E-state index is 14.8. The molecule has 1 heterocycles. The van der Waals surface area contributed by atoms with Gasteiger partial charge >= 0.3 is 31.7 Å². The second kappa shape index (κ2) is 67.1. The number of carbonyl (C=O) groups is 6. The summed E-state index contributed by atoms with van der Waals surface area (Å²) in [6.45, 7) is 11.7. The Labute approximate surface area is 620 Å². The highest BCUT2D eigenvalue weighted by Crippen LogP contribution is 2.42. The number of rotatable bonds is 74. The molecule has 1 rings (SSSR count). The minimum Gasteiger partial charge on any atom is -0.480 e. The van der Waals surface area contributed by atoms with Crippen molar-refractivity contribution in [2.24, 2.45) is 0 Å². The molecule has 2 amide bonds. The standard InChI is InChI=1S/C81H153N2O18P/c1-7-13-19-25-31-35-40-44-50-56-67(95-61-55-49-43-34-28-22-16-10-4)62-73(86)83-77-79(100-76(89)64-69(58-52-46-42-37-33-27-21-15-9-3)98-75(88)60-54-48-39-30-24-18-12-6)78(101-102(92,93)94)71(65-84)99-81(77)96-66-70(80(90)91)82-72(85)63-68(57-51-45-41-36-32-26-20-14-8-2)97-74(87)59-53-47-38-29-23-17-11-5/h67-71,77-79,81,84H,7-66H2,1-6H3,(H,82,85)(H,83,86)(H,90,91)(H2,92,93,94)/t67-,68-,69-,70-,71-,77-,78-,79-,81-/m1/s1. The van der Waals surface area contributed by atoms with Crippen molar-refractivity contribution in [1.29, 1.82) is 0 Å². The summed E-state index contributed by atoms with van der Waals surface area (Å²) in [6.07, 6.45) is 42.2. The average Bonchev–Trinajstić information content (AvgIpc) is 0.782. The van der Waals surface area contributed by atoms with Crippen LogP contribution < -0.4 is 10.6 Å². The first kappa shape index (κ1) is 96.8. The lowest BCUT2D eigenvalue weighted by atomic mass is 9.95. The zero-order valence-corrected chi connectivity index (χ0v) is 66.5. The molecular formula is C81H153N2O18P. The molecule has 0 aliphatic carbocycles. The largest absolute Gasteiger partial charge is 0.480 e. The van der Waals surface area contributed by atoms with Crippen LogP contribution in [0.2, 0.25) is 0 Å². The molecule has 600 valence electrons. The number of hydrogen-bond acceptors (Lipinski definition) is 15. The van der Waals surface area contributed by atoms with Gasteiger partial charge in [-0.1, -0.05) is 324 Å². The van der Waals surface area contributed by atoms with E-state index in [-0.39, 0.29) is 25.7 Å². The van der Waals surface area contributed by atoms with Gasteiger partial charge in [0.2, 0.25) is 11.8 Å². The second-order valence-corrected chi connectivity index (χ2v) is 30.7. The predicted octanol–water partition coefficient (Wildman–Crippen LogP) is 19.7. The molecule has 0 aromatic carbocycles. The molecule has 0 aromatic rings. The fourth-order valence-electron chi connectivity index (χ4n) is 13.6. The number of aliphatic hydroxyl groups excluding tert-OH is 1. The Bertz CT molecular complexity index is 2060. The number of carboxylic acid groups (broad SMARTS) is 1. The zero-order valence-electron chi connectivity index (χ0n) is 65.6. The second-order valence-electron chi connectivity index (χ2n) is 29.5. The van der Waals surface area contributed by atoms with Crippen molar-refractivity contribution in [3.8, 4) is 0 Å². The number of ether oxygens (including phenoxy) is 6. The number of carbonyl (C=O) groups excluding carboxylic acids is 5. The van der Waals surface area contributed by atoms with Crippen molar-refractivity contribution in [3.63, 3.8) is 0 Å². The highest BCUT2D eigenvalue weighted by Gasteiger charge is 2.52. The fraction of sp³-hybridized carbons (Fsp3) is 0.926. The number of amides is 2. The molecule has 102 heavy (non-hydrogen) atoms. The Balaban J connectivity index is 3.81. The summed E-state index contributed by atoms with van der Waals surface area (Å²) >= 11 is 0. The van der Waals surface area contributed by atoms with Gasteiger partial charge in [-0.25, -0.2) is 9.36 Å². The molecule has 1 saturated heterocycles. The number of carboxylic acids is 1. The van der Waals surface area contributed by atoms with Crippen molar-refractivity contribution in [3.05, 3.63) is 0 Å². The number of unbranched alkanes of at least 4 members (excludes halogenated alkanes) is 43. The summed E-state index contributed by atoms with van der Waals surface area (Å²) in [5.74, 6) is -4.76. The van der Waals surface area contributed by atoms with Gasteiger partial charge in [-0.3, -0.25) is 28.5 Å². The van der Waals surface area contributed by atoms with E-state index in [9.17, 15) is 53.3 Å². The predicted molar refractivity (Wildman–Crippen MR) is 407 cm³/mol. The lowest BCUT2D eigenvalue weighted by Crippen LogP contribution is -2.66. The lowest BCUT2D eigenvalue weighted by molar-refractivity contribution is -0.272. The van der Waals surface area contributed by atoms with Crippen LogP contribution in [0.1, 0.15) is 408 Å². The first-order chi connectivity index (χ1) is 49.4. The Morgan fingerprint density at radius 2 is 0.765 bits per heavy atom. The van der Waals surface area contributed by atoms with E-state index in [2.05, 4.69) is 52.2 Å². The van der Waals surface area contributed by atoms with Gasteiger partial charge in [-0.05, 0) is 51.4 Å². The lowest BCUT2D eigenvalue weighted by Gasteiger charge is -2.45. The first-order valence-electron chi connectivity index (χ1n) is 42.1. The van der Waals surface area contributed by atoms with Crippen LogP contribution in [-0.2, 0) is 66.3 Å². The van der Waals surface area contributed by atoms with Gasteiger partial charge in [-0.2, -0.15) is 0 Å². The third-order valence-electron chi connectivity index (χ3n) is 19.8. The van der Waals surface area contributed by atoms with Crippen LogP contribution in [-0.4, -0.2) is 131 Å². The number of phosphoric acid groups is 1. The normalized spacial score (nSPS) is 17.4. The van der Waals surface area contributed by atoms with Crippen LogP contribution in [0.25, 0.3) is 0 Å². The quantitative estimate of drug-likeness (QED) is 0.0143. The fourth-order valence-corrected chi connectivity index (χ4v) is 14.1. The maximum atomic E-state index is 14.8. The van der Waals surface area contributed by atoms with E-state index in [0.29, 0.717) is 51.6 Å². The van der Waals surface area contributed by atoms with Gasteiger partial charge in [0.15, 0.2) is 18.4 Å². The minimum absolute atomic E-state index is 0.147. The molecule has 0 spiro atoms. The van der Waals surface area contributed by atoms with E-state index in [4.69, 9.17) is 32.9 Å². The molecule has 0 bridgehead atoms. The first-order valence-corrected chi connectivity index (χ1v) is 43.6. The van der Waals surface area contributed by atoms with Crippen LogP contribution in [0.4, 0.5) is 0 Å². The van der Waals surface area contributed by atoms with Crippen LogP contribution in [0, 0.1) is 0 Å². The number of nitrogens with one attached hydrogen (secondary N) is 2. The summed E-state index contributed by atoms with van der Waals surface area (Å²) in [5.41, 5.74) is 0. The molecule has 0 unspecified atom stereocenters. The van der Waals surface area contributed by atoms with Crippen molar-refractivity contribution >= 4 is 43.5 Å². The molecule has 1 aliphatic heterocycles. The topological polar surface area (TPSA) is 289 Å². The van der Waals surface area contributed by atoms with Gasteiger partial charge in [0, 0.05) is 19.4 Å². The van der Waals surface area contributed by atoms with Gasteiger partial charge in [0.25, 0.3) is 0 Å². The van der Waals surface area contributed by atoms with Crippen molar-refractivity contribution < 1.29 is 86.3 Å². The molecule has 9 atom stereocenters. The third-order valence-corrected chi connectivity index (χ3v) is 20.3. The number of phosphoric ester groups is 1. The highest BCUT2D eigenvalue weighted by molar-refractivity contribution is 7.46. The summed E-state index contributed by atoms with van der Waals surface area (Å²) in [4.78, 5) is 105. The van der Waals surface area contributed by atoms with E-state index in [1.54, 1.807) is 0 Å². The van der Waals surface area contributed by atoms with Gasteiger partial charge in [0.1, 0.15) is 30.5 Å². The minimum atomic E-state index is -5.52. The molecule has 6 N–H and O–H groups in total. The molecule has 0 aromatic heterocycles. The van der Waals surface area contributed by atoms with Crippen molar-refractivity contribution in [1.82, 2.24) is 10.6 Å². The number of aliphatic carboxylic acids is 1. The maximum Gasteiger partial charge on any atom is 0.470 e. The Morgan fingerprint density at radius 3 is 1.14 bits per heavy atom. The highest BCUT2D eigenvalue weighted by atomic mass is 31.2. The van der Waals surface area contributed by atoms with Gasteiger partial charge in [-0.15, -0.1) is 0 Å². The van der Waals surface area contributed by atoms with E-state index >= 15 is 0 Å². The molecule has 20 nitrogen and oxygen atoms in total. The van der Waals surface area contributed by atoms with Gasteiger partial charge in [0.05, 0.1) is 38.6 Å². The SMILES string of the molecule is CCCCCCCCCCC[C@H](CC(=O)N[C@H]1[C@H](OC[C@@H](NC(=O)C[C@@H](CCCCCCCCCCC)OC(=O)CCCCCCCCC)C(=O)O)O[C@H](CO)[C@@H](OP(=O)(O)O)[C@@H]1OC(=O)C[C@@H](CCCCCCCCCCC)OC(=O)CCCCCCCCC)OCCCCCCCCCC. The van der Waals surface area contributed by atoms with E-state index < -0.39 is 118 Å². The zero-order chi connectivity index (χ0) is 75.0. The molecule has 21 heteroatoms. The Kier molecular flexibility index (Phi) is 63.7. The summed E-state index contributed by atoms with van der Waals surface area (Å²) in [6, 6.07) is -3.46. The summed E-state index contributed by atoms with van der Waals surface area (Å²) in [7, 11) is -5.52. The van der Waals surface area contributed by atoms with Crippen LogP contribution in [0.15, 0.2) is 0 Å². The smallest absolute Gasteiger partial charge is 0.470 e. The van der Waals surface area contributed by atoms with Crippen molar-refractivity contribution in [2.75, 3.05) is 19.8 Å². The molecule has 1 fully saturated rings. The molecular weight excluding hydrogens is 1320 g/mol. The van der Waals surface area contributed by atoms with E-state index in [1.165, 1.54) is 96.3 Å². The monoisotopic (exact) mass is 1470 g/mol. The number of hydrogen-bond donors (Lipinski definition) is 6.